The van der Waals surface area contributed by atoms with Crippen LogP contribution in [-0.2, 0) is 44.8 Å². The van der Waals surface area contributed by atoms with Crippen molar-refractivity contribution in [3.8, 4) is 0 Å². The summed E-state index contributed by atoms with van der Waals surface area (Å²) in [6.45, 7) is 2.72. The highest BCUT2D eigenvalue weighted by Gasteiger charge is 2.71. The van der Waals surface area contributed by atoms with Gasteiger partial charge in [-0.3, -0.25) is 38.6 Å². The van der Waals surface area contributed by atoms with Crippen molar-refractivity contribution >= 4 is 35.6 Å². The molecule has 0 saturated carbocycles. The molecule has 2 aliphatic rings. The Kier molecular flexibility index (Phi) is 6.70. The normalized spacial score (nSPS) is 21.9. The van der Waals surface area contributed by atoms with Crippen LogP contribution in [0.1, 0.15) is 25.8 Å². The fourth-order valence-corrected chi connectivity index (χ4v) is 3.11. The van der Waals surface area contributed by atoms with Gasteiger partial charge in [0.2, 0.25) is 23.3 Å². The van der Waals surface area contributed by atoms with Gasteiger partial charge in [0.05, 0.1) is 20.1 Å². The largest absolute Gasteiger partial charge is 0.468 e. The number of imide groups is 2. The van der Waals surface area contributed by atoms with E-state index in [1.807, 2.05) is 6.07 Å². The zero-order valence-electron chi connectivity index (χ0n) is 17.0. The van der Waals surface area contributed by atoms with E-state index in [2.05, 4.69) is 4.74 Å². The summed E-state index contributed by atoms with van der Waals surface area (Å²) in [4.78, 5) is 71.2. The Balaban J connectivity index is 0.000000343. The van der Waals surface area contributed by atoms with Crippen LogP contribution >= 0.6 is 0 Å². The lowest BCUT2D eigenvalue weighted by atomic mass is 9.82. The molecule has 1 unspecified atom stereocenters. The SMILES string of the molecule is CC(=O)N(C)C(C)=O.COC(=O)C12CC(=O)O[C@@H]1C(=O)N(Cc1ccccc1)C2=O. The third-order valence-corrected chi connectivity index (χ3v) is 4.92. The van der Waals surface area contributed by atoms with Gasteiger partial charge in [-0.2, -0.15) is 0 Å². The topological polar surface area (TPSA) is 127 Å². The molecule has 1 aromatic carbocycles. The van der Waals surface area contributed by atoms with Crippen LogP contribution in [0.15, 0.2) is 30.3 Å². The highest BCUT2D eigenvalue weighted by atomic mass is 16.6. The Morgan fingerprint density at radius 3 is 2.17 bits per heavy atom. The quantitative estimate of drug-likeness (QED) is 0.382. The van der Waals surface area contributed by atoms with Crippen molar-refractivity contribution in [3.05, 3.63) is 35.9 Å². The summed E-state index contributed by atoms with van der Waals surface area (Å²) in [5.74, 6) is -3.56. The van der Waals surface area contributed by atoms with E-state index in [0.29, 0.717) is 0 Å². The van der Waals surface area contributed by atoms with E-state index in [0.717, 1.165) is 22.5 Å². The summed E-state index contributed by atoms with van der Waals surface area (Å²) < 4.78 is 9.54. The predicted molar refractivity (Wildman–Crippen MR) is 100 cm³/mol. The number of ether oxygens (including phenoxy) is 2. The van der Waals surface area contributed by atoms with Crippen molar-refractivity contribution in [2.75, 3.05) is 14.2 Å². The maximum absolute atomic E-state index is 12.6. The molecule has 0 radical (unpaired) electrons. The zero-order chi connectivity index (χ0) is 22.6. The number of rotatable bonds is 3. The third-order valence-electron chi connectivity index (χ3n) is 4.92. The molecule has 1 aromatic rings. The fourth-order valence-electron chi connectivity index (χ4n) is 3.11. The van der Waals surface area contributed by atoms with E-state index in [1.165, 1.54) is 20.9 Å². The molecule has 2 atom stereocenters. The van der Waals surface area contributed by atoms with E-state index in [-0.39, 0.29) is 18.4 Å². The second-order valence-corrected chi connectivity index (χ2v) is 6.82. The van der Waals surface area contributed by atoms with Crippen LogP contribution in [0.2, 0.25) is 0 Å². The summed E-state index contributed by atoms with van der Waals surface area (Å²) >= 11 is 0. The number of likely N-dealkylation sites (tertiary alicyclic amines) is 1. The molecular formula is C20H22N2O8. The first-order valence-electron chi connectivity index (χ1n) is 8.98. The Morgan fingerprint density at radius 1 is 1.13 bits per heavy atom. The van der Waals surface area contributed by atoms with Crippen molar-refractivity contribution in [2.45, 2.75) is 32.9 Å². The molecule has 2 fully saturated rings. The van der Waals surface area contributed by atoms with Crippen LogP contribution in [0.4, 0.5) is 0 Å². The Hall–Kier alpha value is -3.56. The van der Waals surface area contributed by atoms with E-state index >= 15 is 0 Å². The van der Waals surface area contributed by atoms with Gasteiger partial charge in [-0.1, -0.05) is 30.3 Å². The van der Waals surface area contributed by atoms with Gasteiger partial charge < -0.3 is 9.47 Å². The molecule has 3 rings (SSSR count). The molecule has 0 bridgehead atoms. The molecule has 10 heteroatoms. The number of benzene rings is 1. The number of amides is 4. The van der Waals surface area contributed by atoms with Gasteiger partial charge in [0.1, 0.15) is 0 Å². The van der Waals surface area contributed by atoms with Crippen LogP contribution in [0.25, 0.3) is 0 Å². The minimum Gasteiger partial charge on any atom is -0.468 e. The van der Waals surface area contributed by atoms with Crippen molar-refractivity contribution in [3.63, 3.8) is 0 Å². The average molecular weight is 418 g/mol. The third kappa shape index (κ3) is 4.07. The van der Waals surface area contributed by atoms with Crippen molar-refractivity contribution in [2.24, 2.45) is 5.41 Å². The predicted octanol–water partition coefficient (Wildman–Crippen LogP) is 0.0415. The van der Waals surface area contributed by atoms with Gasteiger partial charge in [0.15, 0.2) is 0 Å². The highest BCUT2D eigenvalue weighted by Crippen LogP contribution is 2.45. The average Bonchev–Trinajstić information content (AvgIpc) is 3.16. The van der Waals surface area contributed by atoms with Gasteiger partial charge in [-0.05, 0) is 5.56 Å². The van der Waals surface area contributed by atoms with Gasteiger partial charge in [0, 0.05) is 20.9 Å². The summed E-state index contributed by atoms with van der Waals surface area (Å²) in [5.41, 5.74) is -1.15. The molecule has 30 heavy (non-hydrogen) atoms. The molecule has 2 heterocycles. The lowest BCUT2D eigenvalue weighted by Gasteiger charge is -2.19. The second kappa shape index (κ2) is 8.85. The van der Waals surface area contributed by atoms with Gasteiger partial charge in [-0.15, -0.1) is 0 Å². The number of nitrogens with zero attached hydrogens (tertiary/aromatic N) is 2. The maximum atomic E-state index is 12.6. The summed E-state index contributed by atoms with van der Waals surface area (Å²) in [6.07, 6.45) is -1.90. The number of carbonyl (C=O) groups is 6. The highest BCUT2D eigenvalue weighted by molar-refractivity contribution is 6.21. The number of esters is 2. The van der Waals surface area contributed by atoms with E-state index in [1.54, 1.807) is 24.3 Å². The van der Waals surface area contributed by atoms with Crippen LogP contribution in [0.3, 0.4) is 0 Å². The monoisotopic (exact) mass is 418 g/mol. The van der Waals surface area contributed by atoms with Crippen molar-refractivity contribution in [1.29, 1.82) is 0 Å². The van der Waals surface area contributed by atoms with Crippen molar-refractivity contribution in [1.82, 2.24) is 9.80 Å². The van der Waals surface area contributed by atoms with E-state index in [9.17, 15) is 28.8 Å². The molecule has 2 aliphatic heterocycles. The molecule has 0 aliphatic carbocycles. The van der Waals surface area contributed by atoms with Crippen LogP contribution < -0.4 is 0 Å². The molecule has 4 amide bonds. The first-order chi connectivity index (χ1) is 14.1. The van der Waals surface area contributed by atoms with Crippen molar-refractivity contribution < 1.29 is 38.2 Å². The minimum absolute atomic E-state index is 0.0191. The molecule has 10 nitrogen and oxygen atoms in total. The van der Waals surface area contributed by atoms with Crippen LogP contribution in [-0.4, -0.2) is 65.6 Å². The summed E-state index contributed by atoms with van der Waals surface area (Å²) in [7, 11) is 2.55. The number of methoxy groups -OCH3 is 1. The molecular weight excluding hydrogens is 396 g/mol. The van der Waals surface area contributed by atoms with Gasteiger partial charge in [-0.25, -0.2) is 0 Å². The Morgan fingerprint density at radius 2 is 1.70 bits per heavy atom. The molecule has 2 saturated heterocycles. The fraction of sp³-hybridized carbons (Fsp3) is 0.400. The van der Waals surface area contributed by atoms with Crippen LogP contribution in [0, 0.1) is 5.41 Å². The van der Waals surface area contributed by atoms with Gasteiger partial charge in [0.25, 0.3) is 11.8 Å². The first kappa shape index (κ1) is 22.7. The second-order valence-electron chi connectivity index (χ2n) is 6.82. The van der Waals surface area contributed by atoms with E-state index < -0.39 is 41.7 Å². The smallest absolute Gasteiger partial charge is 0.326 e. The zero-order valence-corrected chi connectivity index (χ0v) is 17.0. The lowest BCUT2D eigenvalue weighted by Crippen LogP contribution is -2.43. The first-order valence-corrected chi connectivity index (χ1v) is 8.98. The van der Waals surface area contributed by atoms with Crippen LogP contribution in [0.5, 0.6) is 0 Å². The molecule has 0 spiro atoms. The lowest BCUT2D eigenvalue weighted by molar-refractivity contribution is -0.160. The number of carbonyl (C=O) groups excluding carboxylic acids is 6. The number of hydrogen-bond acceptors (Lipinski definition) is 8. The van der Waals surface area contributed by atoms with Gasteiger partial charge >= 0.3 is 11.9 Å². The summed E-state index contributed by atoms with van der Waals surface area (Å²) in [5, 5.41) is 0. The maximum Gasteiger partial charge on any atom is 0.326 e. The molecule has 160 valence electrons. The minimum atomic E-state index is -1.88. The molecule has 0 N–H and O–H groups in total. The number of fused-ring (bicyclic) bond motifs is 1. The molecule has 0 aromatic heterocycles. The summed E-state index contributed by atoms with van der Waals surface area (Å²) in [6, 6.07) is 8.87. The Bertz CT molecular complexity index is 883. The van der Waals surface area contributed by atoms with E-state index in [4.69, 9.17) is 4.74 Å². The standard InChI is InChI=1S/C15H13NO6.C5H9NO2/c1-21-14(20)15-7-10(17)22-11(15)12(18)16(13(15)19)8-9-5-3-2-4-6-9;1-4(7)6(3)5(2)8/h2-6,11H,7-8H2,1H3;1-3H3/t11-,15?;/m1./s1. The Labute approximate surface area is 172 Å². The number of hydrogen-bond donors (Lipinski definition) is 0.